The van der Waals surface area contributed by atoms with Gasteiger partial charge in [-0.25, -0.2) is 0 Å². The molecule has 0 radical (unpaired) electrons. The maximum Gasteiger partial charge on any atom is 0.240 e. The molecular formula is C14H21N3O. The van der Waals surface area contributed by atoms with Crippen molar-refractivity contribution >= 4 is 5.91 Å². The van der Waals surface area contributed by atoms with Gasteiger partial charge in [0.25, 0.3) is 0 Å². The fourth-order valence-corrected chi connectivity index (χ4v) is 2.32. The second-order valence-electron chi connectivity index (χ2n) is 5.20. The zero-order chi connectivity index (χ0) is 13.0. The van der Waals surface area contributed by atoms with Crippen molar-refractivity contribution in [3.63, 3.8) is 0 Å². The normalized spacial score (nSPS) is 25.4. The van der Waals surface area contributed by atoms with E-state index in [1.54, 1.807) is 12.4 Å². The molecule has 1 aromatic rings. The Morgan fingerprint density at radius 3 is 3.00 bits per heavy atom. The zero-order valence-corrected chi connectivity index (χ0v) is 11.1. The van der Waals surface area contributed by atoms with Crippen LogP contribution in [0.5, 0.6) is 0 Å². The number of rotatable bonds is 3. The molecule has 0 aliphatic carbocycles. The van der Waals surface area contributed by atoms with E-state index in [-0.39, 0.29) is 11.9 Å². The summed E-state index contributed by atoms with van der Waals surface area (Å²) in [7, 11) is 0. The summed E-state index contributed by atoms with van der Waals surface area (Å²) in [4.78, 5) is 16.4. The van der Waals surface area contributed by atoms with E-state index in [4.69, 9.17) is 0 Å². The molecule has 1 aliphatic heterocycles. The lowest BCUT2D eigenvalue weighted by molar-refractivity contribution is -0.128. The molecule has 0 spiro atoms. The molecule has 1 saturated heterocycles. The highest BCUT2D eigenvalue weighted by Gasteiger charge is 2.34. The fourth-order valence-electron chi connectivity index (χ4n) is 2.32. The van der Waals surface area contributed by atoms with Crippen LogP contribution in [0, 0.1) is 0 Å². The van der Waals surface area contributed by atoms with Crippen molar-refractivity contribution in [1.29, 1.82) is 0 Å². The average Bonchev–Trinajstić information content (AvgIpc) is 2.40. The summed E-state index contributed by atoms with van der Waals surface area (Å²) in [6.07, 6.45) is 6.70. The van der Waals surface area contributed by atoms with Gasteiger partial charge in [-0.05, 0) is 51.3 Å². The van der Waals surface area contributed by atoms with E-state index in [9.17, 15) is 4.79 Å². The van der Waals surface area contributed by atoms with E-state index in [1.165, 1.54) is 0 Å². The van der Waals surface area contributed by atoms with Gasteiger partial charge in [0.1, 0.15) is 0 Å². The van der Waals surface area contributed by atoms with Crippen LogP contribution in [-0.2, 0) is 4.79 Å². The van der Waals surface area contributed by atoms with Gasteiger partial charge in [-0.15, -0.1) is 0 Å². The third-order valence-electron chi connectivity index (χ3n) is 3.65. The van der Waals surface area contributed by atoms with Gasteiger partial charge in [-0.1, -0.05) is 6.07 Å². The number of hydrogen-bond acceptors (Lipinski definition) is 3. The summed E-state index contributed by atoms with van der Waals surface area (Å²) in [6.45, 7) is 4.89. The largest absolute Gasteiger partial charge is 0.348 e. The predicted molar refractivity (Wildman–Crippen MR) is 71.1 cm³/mol. The Morgan fingerprint density at radius 1 is 1.56 bits per heavy atom. The summed E-state index contributed by atoms with van der Waals surface area (Å²) in [5.41, 5.74) is 0.611. The number of carbonyl (C=O) groups excluding carboxylic acids is 1. The molecule has 4 nitrogen and oxygen atoms in total. The summed E-state index contributed by atoms with van der Waals surface area (Å²) < 4.78 is 0. The number of hydrogen-bond donors (Lipinski definition) is 2. The van der Waals surface area contributed by atoms with E-state index in [1.807, 2.05) is 26.0 Å². The minimum Gasteiger partial charge on any atom is -0.348 e. The first-order valence-corrected chi connectivity index (χ1v) is 6.58. The van der Waals surface area contributed by atoms with Gasteiger partial charge in [-0.3, -0.25) is 9.78 Å². The van der Waals surface area contributed by atoms with Crippen molar-refractivity contribution in [3.05, 3.63) is 30.1 Å². The maximum absolute atomic E-state index is 12.3. The number of pyridine rings is 1. The molecule has 1 aliphatic rings. The Balaban J connectivity index is 1.98. The summed E-state index contributed by atoms with van der Waals surface area (Å²) in [5, 5.41) is 6.39. The molecular weight excluding hydrogens is 226 g/mol. The minimum atomic E-state index is -0.422. The van der Waals surface area contributed by atoms with Crippen molar-refractivity contribution < 1.29 is 4.79 Å². The van der Waals surface area contributed by atoms with Crippen LogP contribution in [0.25, 0.3) is 0 Å². The second-order valence-corrected chi connectivity index (χ2v) is 5.20. The van der Waals surface area contributed by atoms with Crippen molar-refractivity contribution in [2.24, 2.45) is 0 Å². The SMILES string of the molecule is C[C@@H](NC(=O)C1(C)CCCCN1)c1cccnc1. The van der Waals surface area contributed by atoms with E-state index < -0.39 is 5.54 Å². The number of piperidine rings is 1. The molecule has 1 aromatic heterocycles. The lowest BCUT2D eigenvalue weighted by atomic mass is 9.89. The average molecular weight is 247 g/mol. The molecule has 1 unspecified atom stereocenters. The van der Waals surface area contributed by atoms with Crippen molar-refractivity contribution in [2.45, 2.75) is 44.7 Å². The molecule has 0 aromatic carbocycles. The highest BCUT2D eigenvalue weighted by atomic mass is 16.2. The van der Waals surface area contributed by atoms with Gasteiger partial charge in [-0.2, -0.15) is 0 Å². The summed E-state index contributed by atoms with van der Waals surface area (Å²) in [6, 6.07) is 3.86. The van der Waals surface area contributed by atoms with Gasteiger partial charge >= 0.3 is 0 Å². The van der Waals surface area contributed by atoms with Gasteiger partial charge in [0.2, 0.25) is 5.91 Å². The van der Waals surface area contributed by atoms with Gasteiger partial charge in [0.15, 0.2) is 0 Å². The molecule has 2 heterocycles. The molecule has 0 saturated carbocycles. The molecule has 18 heavy (non-hydrogen) atoms. The molecule has 2 atom stereocenters. The van der Waals surface area contributed by atoms with Crippen LogP contribution in [0.4, 0.5) is 0 Å². The summed E-state index contributed by atoms with van der Waals surface area (Å²) in [5.74, 6) is 0.0820. The van der Waals surface area contributed by atoms with Crippen LogP contribution in [0.3, 0.4) is 0 Å². The molecule has 1 fully saturated rings. The topological polar surface area (TPSA) is 54.0 Å². The van der Waals surface area contributed by atoms with Gasteiger partial charge < -0.3 is 10.6 Å². The fraction of sp³-hybridized carbons (Fsp3) is 0.571. The van der Waals surface area contributed by atoms with E-state index in [0.29, 0.717) is 0 Å². The van der Waals surface area contributed by atoms with E-state index >= 15 is 0 Å². The van der Waals surface area contributed by atoms with Crippen molar-refractivity contribution in [3.8, 4) is 0 Å². The van der Waals surface area contributed by atoms with Gasteiger partial charge in [0.05, 0.1) is 11.6 Å². The Labute approximate surface area is 108 Å². The Kier molecular flexibility index (Phi) is 3.97. The van der Waals surface area contributed by atoms with Crippen LogP contribution < -0.4 is 10.6 Å². The Morgan fingerprint density at radius 2 is 2.39 bits per heavy atom. The highest BCUT2D eigenvalue weighted by Crippen LogP contribution is 2.20. The first kappa shape index (κ1) is 13.0. The summed E-state index contributed by atoms with van der Waals surface area (Å²) >= 11 is 0. The first-order chi connectivity index (χ1) is 8.62. The maximum atomic E-state index is 12.3. The molecule has 2 rings (SSSR count). The molecule has 98 valence electrons. The minimum absolute atomic E-state index is 0.00764. The van der Waals surface area contributed by atoms with Crippen molar-refractivity contribution in [1.82, 2.24) is 15.6 Å². The van der Waals surface area contributed by atoms with Crippen LogP contribution in [0.1, 0.15) is 44.7 Å². The van der Waals surface area contributed by atoms with E-state index in [0.717, 1.165) is 31.4 Å². The molecule has 4 heteroatoms. The number of carbonyl (C=O) groups is 1. The smallest absolute Gasteiger partial charge is 0.240 e. The Hall–Kier alpha value is -1.42. The number of amides is 1. The second kappa shape index (κ2) is 5.48. The molecule has 2 N–H and O–H groups in total. The van der Waals surface area contributed by atoms with Crippen LogP contribution in [0.15, 0.2) is 24.5 Å². The van der Waals surface area contributed by atoms with Crippen LogP contribution >= 0.6 is 0 Å². The third-order valence-corrected chi connectivity index (χ3v) is 3.65. The lowest BCUT2D eigenvalue weighted by Crippen LogP contribution is -2.57. The Bertz CT molecular complexity index is 399. The monoisotopic (exact) mass is 247 g/mol. The lowest BCUT2D eigenvalue weighted by Gasteiger charge is -2.34. The number of nitrogens with zero attached hydrogens (tertiary/aromatic N) is 1. The predicted octanol–water partition coefficient (Wildman–Crippen LogP) is 1.79. The molecule has 0 bridgehead atoms. The van der Waals surface area contributed by atoms with Crippen LogP contribution in [0.2, 0.25) is 0 Å². The van der Waals surface area contributed by atoms with E-state index in [2.05, 4.69) is 15.6 Å². The van der Waals surface area contributed by atoms with Crippen molar-refractivity contribution in [2.75, 3.05) is 6.54 Å². The van der Waals surface area contributed by atoms with Crippen LogP contribution in [-0.4, -0.2) is 23.0 Å². The highest BCUT2D eigenvalue weighted by molar-refractivity contribution is 5.86. The zero-order valence-electron chi connectivity index (χ0n) is 11.1. The number of nitrogens with one attached hydrogen (secondary N) is 2. The third kappa shape index (κ3) is 2.88. The molecule has 1 amide bonds. The first-order valence-electron chi connectivity index (χ1n) is 6.58. The number of aromatic nitrogens is 1. The standard InChI is InChI=1S/C14H21N3O/c1-11(12-6-5-8-15-10-12)17-13(18)14(2)7-3-4-9-16-14/h5-6,8,10-11,16H,3-4,7,9H2,1-2H3,(H,17,18)/t11-,14?/m1/s1. The quantitative estimate of drug-likeness (QED) is 0.856. The van der Waals surface area contributed by atoms with Gasteiger partial charge in [0, 0.05) is 12.4 Å².